The molecule has 2 bridgehead atoms. The molecule has 2 saturated heterocycles. The zero-order valence-electron chi connectivity index (χ0n) is 9.83. The van der Waals surface area contributed by atoms with Gasteiger partial charge in [0.05, 0.1) is 18.8 Å². The molecule has 2 aliphatic rings. The third kappa shape index (κ3) is 1.92. The largest absolute Gasteiger partial charge is 0.385 e. The number of hydrogen-bond donors (Lipinski definition) is 2. The van der Waals surface area contributed by atoms with Gasteiger partial charge in [0.2, 0.25) is 0 Å². The van der Waals surface area contributed by atoms with Crippen LogP contribution < -0.4 is 5.32 Å². The van der Waals surface area contributed by atoms with Gasteiger partial charge in [-0.2, -0.15) is 0 Å². The topological polar surface area (TPSA) is 41.5 Å². The summed E-state index contributed by atoms with van der Waals surface area (Å²) in [7, 11) is 0. The van der Waals surface area contributed by atoms with Gasteiger partial charge in [0.15, 0.2) is 11.6 Å². The molecule has 2 heterocycles. The number of ether oxygens (including phenoxy) is 1. The zero-order chi connectivity index (χ0) is 12.8. The maximum absolute atomic E-state index is 13.8. The lowest BCUT2D eigenvalue weighted by molar-refractivity contribution is -0.0820. The molecule has 1 aromatic carbocycles. The van der Waals surface area contributed by atoms with Gasteiger partial charge in [-0.3, -0.25) is 0 Å². The standard InChI is InChI=1S/C13H15F2NO2/c14-11-3-1-2-10(12(11)15)13(17)4-8-6-18-7-9(5-13)16-8/h1-3,8-9,16-17H,4-7H2. The Hall–Kier alpha value is -1.04. The van der Waals surface area contributed by atoms with Crippen LogP contribution in [0.25, 0.3) is 0 Å². The predicted molar refractivity (Wildman–Crippen MR) is 61.0 cm³/mol. The molecule has 2 unspecified atom stereocenters. The van der Waals surface area contributed by atoms with Gasteiger partial charge >= 0.3 is 0 Å². The molecule has 0 aromatic heterocycles. The van der Waals surface area contributed by atoms with E-state index < -0.39 is 17.2 Å². The van der Waals surface area contributed by atoms with Crippen molar-refractivity contribution in [3.8, 4) is 0 Å². The fourth-order valence-corrected chi connectivity index (χ4v) is 3.00. The van der Waals surface area contributed by atoms with Crippen LogP contribution in [0.4, 0.5) is 8.78 Å². The Labute approximate surface area is 104 Å². The predicted octanol–water partition coefficient (Wildman–Crippen LogP) is 1.30. The van der Waals surface area contributed by atoms with Crippen LogP contribution in [-0.4, -0.2) is 30.4 Å². The highest BCUT2D eigenvalue weighted by Crippen LogP contribution is 2.38. The van der Waals surface area contributed by atoms with E-state index in [-0.39, 0.29) is 17.6 Å². The quantitative estimate of drug-likeness (QED) is 0.795. The molecular formula is C13H15F2NO2. The first kappa shape index (κ1) is 12.0. The van der Waals surface area contributed by atoms with E-state index in [0.29, 0.717) is 26.1 Å². The van der Waals surface area contributed by atoms with E-state index in [9.17, 15) is 13.9 Å². The van der Waals surface area contributed by atoms with Crippen LogP contribution in [0.1, 0.15) is 18.4 Å². The molecule has 1 aromatic rings. The van der Waals surface area contributed by atoms with Gasteiger partial charge < -0.3 is 15.2 Å². The smallest absolute Gasteiger partial charge is 0.164 e. The summed E-state index contributed by atoms with van der Waals surface area (Å²) in [6, 6.07) is 3.93. The van der Waals surface area contributed by atoms with E-state index in [0.717, 1.165) is 6.07 Å². The molecule has 0 spiro atoms. The van der Waals surface area contributed by atoms with E-state index in [4.69, 9.17) is 4.74 Å². The Morgan fingerprint density at radius 2 is 1.89 bits per heavy atom. The summed E-state index contributed by atoms with van der Waals surface area (Å²) in [4.78, 5) is 0. The molecule has 5 heteroatoms. The van der Waals surface area contributed by atoms with Crippen molar-refractivity contribution < 1.29 is 18.6 Å². The van der Waals surface area contributed by atoms with Crippen molar-refractivity contribution in [2.24, 2.45) is 0 Å². The summed E-state index contributed by atoms with van der Waals surface area (Å²) >= 11 is 0. The maximum atomic E-state index is 13.8. The number of aliphatic hydroxyl groups is 1. The van der Waals surface area contributed by atoms with Gasteiger partial charge in [-0.25, -0.2) is 8.78 Å². The summed E-state index contributed by atoms with van der Waals surface area (Å²) in [6.07, 6.45) is 0.674. The maximum Gasteiger partial charge on any atom is 0.164 e. The number of fused-ring (bicyclic) bond motifs is 2. The van der Waals surface area contributed by atoms with Crippen LogP contribution in [0.2, 0.25) is 0 Å². The molecule has 0 radical (unpaired) electrons. The third-order valence-corrected chi connectivity index (χ3v) is 3.73. The molecule has 3 rings (SSSR count). The van der Waals surface area contributed by atoms with E-state index >= 15 is 0 Å². The minimum atomic E-state index is -1.31. The molecule has 2 fully saturated rings. The lowest BCUT2D eigenvalue weighted by Gasteiger charge is -2.45. The fourth-order valence-electron chi connectivity index (χ4n) is 3.00. The molecule has 3 nitrogen and oxygen atoms in total. The Morgan fingerprint density at radius 3 is 2.56 bits per heavy atom. The molecule has 0 aliphatic carbocycles. The molecule has 98 valence electrons. The molecule has 18 heavy (non-hydrogen) atoms. The van der Waals surface area contributed by atoms with Gasteiger partial charge in [0.25, 0.3) is 0 Å². The summed E-state index contributed by atoms with van der Waals surface area (Å²) in [6.45, 7) is 0.992. The Bertz CT molecular complexity index is 454. The van der Waals surface area contributed by atoms with Crippen molar-refractivity contribution in [1.29, 1.82) is 0 Å². The Balaban J connectivity index is 1.96. The van der Waals surface area contributed by atoms with E-state index in [1.54, 1.807) is 0 Å². The van der Waals surface area contributed by atoms with Gasteiger partial charge in [-0.15, -0.1) is 0 Å². The van der Waals surface area contributed by atoms with Gasteiger partial charge in [-0.05, 0) is 18.9 Å². The van der Waals surface area contributed by atoms with Crippen LogP contribution in [0.15, 0.2) is 18.2 Å². The zero-order valence-corrected chi connectivity index (χ0v) is 9.83. The normalized spacial score (nSPS) is 35.5. The molecule has 2 N–H and O–H groups in total. The number of morpholine rings is 1. The van der Waals surface area contributed by atoms with E-state index in [1.165, 1.54) is 12.1 Å². The molecule has 2 atom stereocenters. The van der Waals surface area contributed by atoms with Crippen LogP contribution in [0, 0.1) is 11.6 Å². The summed E-state index contributed by atoms with van der Waals surface area (Å²) < 4.78 is 32.5. The van der Waals surface area contributed by atoms with E-state index in [1.807, 2.05) is 0 Å². The average molecular weight is 255 g/mol. The van der Waals surface area contributed by atoms with E-state index in [2.05, 4.69) is 5.32 Å². The number of piperidine rings is 1. The highest BCUT2D eigenvalue weighted by Gasteiger charge is 2.43. The SMILES string of the molecule is OC1(c2cccc(F)c2F)CC2COCC(C1)N2. The van der Waals surface area contributed by atoms with Crippen molar-refractivity contribution in [3.05, 3.63) is 35.4 Å². The van der Waals surface area contributed by atoms with Crippen LogP contribution in [0.3, 0.4) is 0 Å². The van der Waals surface area contributed by atoms with Gasteiger partial charge in [0.1, 0.15) is 0 Å². The van der Waals surface area contributed by atoms with Crippen LogP contribution >= 0.6 is 0 Å². The Kier molecular flexibility index (Phi) is 2.84. The second-order valence-electron chi connectivity index (χ2n) is 5.14. The van der Waals surface area contributed by atoms with Gasteiger partial charge in [0, 0.05) is 17.6 Å². The molecule has 0 amide bonds. The van der Waals surface area contributed by atoms with Crippen molar-refractivity contribution >= 4 is 0 Å². The Morgan fingerprint density at radius 1 is 1.22 bits per heavy atom. The second-order valence-corrected chi connectivity index (χ2v) is 5.14. The highest BCUT2D eigenvalue weighted by molar-refractivity contribution is 5.27. The number of hydrogen-bond acceptors (Lipinski definition) is 3. The average Bonchev–Trinajstić information content (AvgIpc) is 2.32. The lowest BCUT2D eigenvalue weighted by Crippen LogP contribution is -2.58. The molecular weight excluding hydrogens is 240 g/mol. The minimum absolute atomic E-state index is 0.00910. The van der Waals surface area contributed by atoms with Crippen molar-refractivity contribution in [2.45, 2.75) is 30.5 Å². The summed E-state index contributed by atoms with van der Waals surface area (Å²) in [5.41, 5.74) is -1.25. The van der Waals surface area contributed by atoms with Crippen LogP contribution in [-0.2, 0) is 10.3 Å². The number of halogens is 2. The molecule has 2 aliphatic heterocycles. The number of benzene rings is 1. The third-order valence-electron chi connectivity index (χ3n) is 3.73. The fraction of sp³-hybridized carbons (Fsp3) is 0.538. The minimum Gasteiger partial charge on any atom is -0.385 e. The van der Waals surface area contributed by atoms with Crippen molar-refractivity contribution in [1.82, 2.24) is 5.32 Å². The second kappa shape index (κ2) is 4.26. The summed E-state index contributed by atoms with van der Waals surface area (Å²) in [5.74, 6) is -1.86. The molecule has 0 saturated carbocycles. The first-order chi connectivity index (χ1) is 8.58. The first-order valence-corrected chi connectivity index (χ1v) is 6.09. The summed E-state index contributed by atoms with van der Waals surface area (Å²) in [5, 5.41) is 14.0. The number of nitrogens with one attached hydrogen (secondary N) is 1. The first-order valence-electron chi connectivity index (χ1n) is 6.09. The van der Waals surface area contributed by atoms with Gasteiger partial charge in [-0.1, -0.05) is 12.1 Å². The monoisotopic (exact) mass is 255 g/mol. The van der Waals surface area contributed by atoms with Crippen molar-refractivity contribution in [3.63, 3.8) is 0 Å². The van der Waals surface area contributed by atoms with Crippen molar-refractivity contribution in [2.75, 3.05) is 13.2 Å². The van der Waals surface area contributed by atoms with Crippen LogP contribution in [0.5, 0.6) is 0 Å². The highest BCUT2D eigenvalue weighted by atomic mass is 19.2. The number of rotatable bonds is 1. The lowest BCUT2D eigenvalue weighted by atomic mass is 9.78.